The van der Waals surface area contributed by atoms with Crippen molar-refractivity contribution in [3.63, 3.8) is 0 Å². The lowest BCUT2D eigenvalue weighted by Crippen LogP contribution is -2.28. The number of carbonyl (C=O) groups is 1. The number of hydrogen-bond acceptors (Lipinski definition) is 3. The molecule has 5 nitrogen and oxygen atoms in total. The molecule has 176 valence electrons. The van der Waals surface area contributed by atoms with Gasteiger partial charge in [-0.3, -0.25) is 4.79 Å². The maximum Gasteiger partial charge on any atom is 0.235 e. The Kier molecular flexibility index (Phi) is 5.37. The SMILES string of the molecule is CC(C)(C)c1cc2cc(NC(=O)C3(c4ccc5c(c4)CCC5)CC3)ccc2n1C[C@@H](O)CO.[HH]. The minimum Gasteiger partial charge on any atom is -0.394 e. The molecular weight excluding hydrogens is 412 g/mol. The van der Waals surface area contributed by atoms with Gasteiger partial charge in [0.05, 0.1) is 24.7 Å². The molecule has 2 aliphatic rings. The van der Waals surface area contributed by atoms with E-state index in [4.69, 9.17) is 0 Å². The van der Waals surface area contributed by atoms with Gasteiger partial charge in [0.15, 0.2) is 0 Å². The van der Waals surface area contributed by atoms with Crippen molar-refractivity contribution in [1.29, 1.82) is 0 Å². The van der Waals surface area contributed by atoms with Crippen molar-refractivity contribution in [2.24, 2.45) is 0 Å². The fraction of sp³-hybridized carbons (Fsp3) is 0.464. The highest BCUT2D eigenvalue weighted by Crippen LogP contribution is 2.50. The van der Waals surface area contributed by atoms with E-state index in [9.17, 15) is 15.0 Å². The standard InChI is InChI=1S/C28H34N2O3.H2/c1-27(2,3)25-15-20-14-22(9-10-24(20)30(25)16-23(32)17-31)29-26(33)28(11-12-28)21-8-7-18-5-4-6-19(18)13-21;/h7-10,13-15,23,31-32H,4-6,11-12,16-17H2,1-3H3,(H,29,33);1H/t23-;/m1./s1. The van der Waals surface area contributed by atoms with Crippen molar-refractivity contribution in [3.05, 3.63) is 64.8 Å². The monoisotopic (exact) mass is 448 g/mol. The minimum absolute atomic E-state index is 0. The van der Waals surface area contributed by atoms with Crippen LogP contribution in [0.15, 0.2) is 42.5 Å². The predicted molar refractivity (Wildman–Crippen MR) is 134 cm³/mol. The van der Waals surface area contributed by atoms with E-state index < -0.39 is 11.5 Å². The van der Waals surface area contributed by atoms with Gasteiger partial charge >= 0.3 is 0 Å². The molecular formula is C28H36N2O3. The van der Waals surface area contributed by atoms with Crippen molar-refractivity contribution in [3.8, 4) is 0 Å². The summed E-state index contributed by atoms with van der Waals surface area (Å²) >= 11 is 0. The van der Waals surface area contributed by atoms with Gasteiger partial charge in [-0.2, -0.15) is 0 Å². The summed E-state index contributed by atoms with van der Waals surface area (Å²) in [5.74, 6) is 0.0750. The van der Waals surface area contributed by atoms with Gasteiger partial charge in [-0.15, -0.1) is 0 Å². The van der Waals surface area contributed by atoms with E-state index in [2.05, 4.69) is 54.9 Å². The normalized spacial score (nSPS) is 17.7. The van der Waals surface area contributed by atoms with Crippen molar-refractivity contribution in [2.45, 2.75) is 76.4 Å². The largest absolute Gasteiger partial charge is 0.394 e. The Bertz CT molecular complexity index is 1220. The van der Waals surface area contributed by atoms with Gasteiger partial charge in [0.2, 0.25) is 5.91 Å². The second kappa shape index (κ2) is 8.00. The highest BCUT2D eigenvalue weighted by Gasteiger charge is 2.51. The zero-order valence-corrected chi connectivity index (χ0v) is 19.8. The van der Waals surface area contributed by atoms with Crippen LogP contribution >= 0.6 is 0 Å². The lowest BCUT2D eigenvalue weighted by molar-refractivity contribution is -0.118. The number of nitrogens with zero attached hydrogens (tertiary/aromatic N) is 1. The fourth-order valence-corrected chi connectivity index (χ4v) is 5.33. The van der Waals surface area contributed by atoms with Gasteiger partial charge in [0, 0.05) is 29.1 Å². The second-order valence-corrected chi connectivity index (χ2v) is 10.9. The predicted octanol–water partition coefficient (Wildman–Crippen LogP) is 4.70. The Balaban J connectivity index is 0.00000274. The van der Waals surface area contributed by atoms with Gasteiger partial charge < -0.3 is 20.1 Å². The lowest BCUT2D eigenvalue weighted by atomic mass is 9.91. The Hall–Kier alpha value is -2.63. The van der Waals surface area contributed by atoms with Crippen LogP contribution in [0, 0.1) is 0 Å². The molecule has 5 rings (SSSR count). The molecule has 1 saturated carbocycles. The molecule has 1 atom stereocenters. The molecule has 2 aliphatic carbocycles. The van der Waals surface area contributed by atoms with Gasteiger partial charge in [-0.1, -0.05) is 39.0 Å². The average Bonchev–Trinajstić information content (AvgIpc) is 3.32. The number of nitrogens with one attached hydrogen (secondary N) is 1. The number of aromatic nitrogens is 1. The molecule has 1 fully saturated rings. The second-order valence-electron chi connectivity index (χ2n) is 10.9. The molecule has 5 heteroatoms. The zero-order chi connectivity index (χ0) is 23.4. The van der Waals surface area contributed by atoms with E-state index in [0.29, 0.717) is 6.54 Å². The highest BCUT2D eigenvalue weighted by molar-refractivity contribution is 6.02. The number of anilines is 1. The molecule has 0 bridgehead atoms. The van der Waals surface area contributed by atoms with Gasteiger partial charge in [0.1, 0.15) is 0 Å². The molecule has 0 spiro atoms. The van der Waals surface area contributed by atoms with Gasteiger partial charge in [0.25, 0.3) is 0 Å². The van der Waals surface area contributed by atoms with E-state index in [1.807, 2.05) is 18.2 Å². The summed E-state index contributed by atoms with van der Waals surface area (Å²) < 4.78 is 2.08. The summed E-state index contributed by atoms with van der Waals surface area (Å²) in [6, 6.07) is 14.7. The smallest absolute Gasteiger partial charge is 0.235 e. The molecule has 33 heavy (non-hydrogen) atoms. The zero-order valence-electron chi connectivity index (χ0n) is 19.8. The Labute approximate surface area is 196 Å². The van der Waals surface area contributed by atoms with Crippen molar-refractivity contribution in [2.75, 3.05) is 11.9 Å². The molecule has 1 aromatic heterocycles. The summed E-state index contributed by atoms with van der Waals surface area (Å²) in [6.45, 7) is 6.47. The van der Waals surface area contributed by atoms with Crippen LogP contribution in [0.25, 0.3) is 10.9 Å². The van der Waals surface area contributed by atoms with Crippen LogP contribution in [0.1, 0.15) is 63.8 Å². The minimum atomic E-state index is -0.817. The van der Waals surface area contributed by atoms with Crippen LogP contribution < -0.4 is 5.32 Å². The summed E-state index contributed by atoms with van der Waals surface area (Å²) in [4.78, 5) is 13.4. The topological polar surface area (TPSA) is 74.5 Å². The molecule has 1 heterocycles. The average molecular weight is 449 g/mol. The molecule has 3 aromatic rings. The van der Waals surface area contributed by atoms with Crippen LogP contribution in [0.4, 0.5) is 5.69 Å². The first-order chi connectivity index (χ1) is 15.7. The maximum atomic E-state index is 13.4. The van der Waals surface area contributed by atoms with E-state index >= 15 is 0 Å². The van der Waals surface area contributed by atoms with Gasteiger partial charge in [-0.25, -0.2) is 0 Å². The number of aliphatic hydroxyl groups is 2. The van der Waals surface area contributed by atoms with E-state index in [1.54, 1.807) is 0 Å². The number of fused-ring (bicyclic) bond motifs is 2. The summed E-state index contributed by atoms with van der Waals surface area (Å²) in [7, 11) is 0. The number of rotatable bonds is 6. The van der Waals surface area contributed by atoms with Crippen molar-refractivity contribution in [1.82, 2.24) is 4.57 Å². The summed E-state index contributed by atoms with van der Waals surface area (Å²) in [5, 5.41) is 23.7. The van der Waals surface area contributed by atoms with E-state index in [0.717, 1.165) is 53.5 Å². The Morgan fingerprint density at radius 3 is 2.58 bits per heavy atom. The van der Waals surface area contributed by atoms with Gasteiger partial charge in [-0.05, 0) is 73.1 Å². The van der Waals surface area contributed by atoms with Crippen LogP contribution in [0.5, 0.6) is 0 Å². The van der Waals surface area contributed by atoms with Crippen LogP contribution in [-0.4, -0.2) is 33.4 Å². The number of aliphatic hydroxyl groups excluding tert-OH is 2. The number of carbonyl (C=O) groups excluding carboxylic acids is 1. The van der Waals surface area contributed by atoms with E-state index in [1.165, 1.54) is 17.5 Å². The molecule has 3 N–H and O–H groups in total. The molecule has 1 amide bonds. The highest BCUT2D eigenvalue weighted by atomic mass is 16.3. The van der Waals surface area contributed by atoms with Crippen molar-refractivity contribution >= 4 is 22.5 Å². The summed E-state index contributed by atoms with van der Waals surface area (Å²) in [5.41, 5.74) is 6.35. The fourth-order valence-electron chi connectivity index (χ4n) is 5.33. The molecule has 0 unspecified atom stereocenters. The Morgan fingerprint density at radius 2 is 1.88 bits per heavy atom. The number of aryl methyl sites for hydroxylation is 2. The van der Waals surface area contributed by atoms with Crippen LogP contribution in [-0.2, 0) is 35.0 Å². The first kappa shape index (κ1) is 22.2. The summed E-state index contributed by atoms with van der Waals surface area (Å²) in [6.07, 6.45) is 4.45. The number of hydrogen-bond donors (Lipinski definition) is 3. The first-order valence-corrected chi connectivity index (χ1v) is 12.1. The first-order valence-electron chi connectivity index (χ1n) is 12.1. The van der Waals surface area contributed by atoms with Crippen molar-refractivity contribution < 1.29 is 16.4 Å². The quantitative estimate of drug-likeness (QED) is 0.512. The number of benzene rings is 2. The lowest BCUT2D eigenvalue weighted by Gasteiger charge is -2.23. The molecule has 0 aliphatic heterocycles. The van der Waals surface area contributed by atoms with Crippen LogP contribution in [0.2, 0.25) is 0 Å². The Morgan fingerprint density at radius 1 is 1.12 bits per heavy atom. The molecule has 0 radical (unpaired) electrons. The van der Waals surface area contributed by atoms with E-state index in [-0.39, 0.29) is 19.4 Å². The third kappa shape index (κ3) is 3.98. The third-order valence-electron chi connectivity index (χ3n) is 7.37. The number of amides is 1. The molecule has 0 saturated heterocycles. The molecule has 2 aromatic carbocycles. The third-order valence-corrected chi connectivity index (χ3v) is 7.37. The van der Waals surface area contributed by atoms with Crippen LogP contribution in [0.3, 0.4) is 0 Å². The maximum absolute atomic E-state index is 13.4.